The highest BCUT2D eigenvalue weighted by Crippen LogP contribution is 2.39. The summed E-state index contributed by atoms with van der Waals surface area (Å²) in [4.78, 5) is 23.8. The molecule has 2 fully saturated rings. The minimum absolute atomic E-state index is 0.0552. The van der Waals surface area contributed by atoms with E-state index < -0.39 is 23.3 Å². The number of rotatable bonds is 5. The zero-order valence-electron chi connectivity index (χ0n) is 12.1. The molecule has 0 heterocycles. The minimum Gasteiger partial charge on any atom is -0.481 e. The van der Waals surface area contributed by atoms with Gasteiger partial charge in [0, 0.05) is 0 Å². The first-order valence-corrected chi connectivity index (χ1v) is 7.67. The number of amides is 1. The van der Waals surface area contributed by atoms with E-state index in [0.29, 0.717) is 18.8 Å². The molecule has 2 aliphatic rings. The molecule has 0 aromatic carbocycles. The number of carbonyl (C=O) groups excluding carboxylic acids is 1. The molecular formula is C15H25NO4. The van der Waals surface area contributed by atoms with Crippen molar-refractivity contribution in [2.75, 3.05) is 6.61 Å². The van der Waals surface area contributed by atoms with Crippen molar-refractivity contribution in [3.05, 3.63) is 0 Å². The maximum Gasteiger partial charge on any atom is 0.307 e. The standard InChI is InChI=1S/C15H25NO4/c1-2-10-7-11(12(8-10)14(19)20)13(18)16-15(9-17)5-3-4-6-15/h10-12,17H,2-9H2,1H3,(H,16,18)(H,19,20). The lowest BCUT2D eigenvalue weighted by atomic mass is 9.92. The first-order chi connectivity index (χ1) is 9.51. The number of carboxylic acid groups (broad SMARTS) is 1. The van der Waals surface area contributed by atoms with E-state index >= 15 is 0 Å². The highest BCUT2D eigenvalue weighted by atomic mass is 16.4. The fraction of sp³-hybridized carbons (Fsp3) is 0.867. The molecule has 0 aromatic rings. The molecule has 0 spiro atoms. The molecular weight excluding hydrogens is 258 g/mol. The van der Waals surface area contributed by atoms with Crippen LogP contribution < -0.4 is 5.32 Å². The predicted octanol–water partition coefficient (Wildman–Crippen LogP) is 1.54. The summed E-state index contributed by atoms with van der Waals surface area (Å²) in [6.45, 7) is 1.98. The Morgan fingerprint density at radius 2 is 1.80 bits per heavy atom. The first kappa shape index (κ1) is 15.3. The Morgan fingerprint density at radius 1 is 1.20 bits per heavy atom. The number of carbonyl (C=O) groups is 2. The van der Waals surface area contributed by atoms with Gasteiger partial charge in [0.2, 0.25) is 5.91 Å². The maximum atomic E-state index is 12.5. The van der Waals surface area contributed by atoms with Gasteiger partial charge in [0.15, 0.2) is 0 Å². The number of aliphatic hydroxyl groups excluding tert-OH is 1. The fourth-order valence-electron chi connectivity index (χ4n) is 3.77. The second kappa shape index (κ2) is 6.12. The van der Waals surface area contributed by atoms with Gasteiger partial charge in [0.1, 0.15) is 0 Å². The van der Waals surface area contributed by atoms with E-state index in [2.05, 4.69) is 5.32 Å². The van der Waals surface area contributed by atoms with Crippen LogP contribution >= 0.6 is 0 Å². The first-order valence-electron chi connectivity index (χ1n) is 7.67. The molecule has 3 atom stereocenters. The van der Waals surface area contributed by atoms with E-state index in [9.17, 15) is 19.8 Å². The van der Waals surface area contributed by atoms with Gasteiger partial charge in [-0.1, -0.05) is 26.2 Å². The number of hydrogen-bond acceptors (Lipinski definition) is 3. The monoisotopic (exact) mass is 283 g/mol. The molecule has 5 nitrogen and oxygen atoms in total. The molecule has 20 heavy (non-hydrogen) atoms. The number of aliphatic carboxylic acids is 1. The van der Waals surface area contributed by atoms with E-state index in [1.165, 1.54) is 0 Å². The lowest BCUT2D eigenvalue weighted by molar-refractivity contribution is -0.146. The van der Waals surface area contributed by atoms with Gasteiger partial charge in [-0.25, -0.2) is 0 Å². The third kappa shape index (κ3) is 2.97. The molecule has 3 unspecified atom stereocenters. The van der Waals surface area contributed by atoms with Crippen molar-refractivity contribution in [3.8, 4) is 0 Å². The molecule has 0 aliphatic heterocycles. The zero-order valence-corrected chi connectivity index (χ0v) is 12.1. The Bertz CT molecular complexity index is 376. The molecule has 114 valence electrons. The molecule has 1 amide bonds. The minimum atomic E-state index is -0.870. The SMILES string of the molecule is CCC1CC(C(=O)O)C(C(=O)NC2(CO)CCCC2)C1. The van der Waals surface area contributed by atoms with Crippen LogP contribution in [-0.4, -0.2) is 34.2 Å². The van der Waals surface area contributed by atoms with E-state index in [-0.39, 0.29) is 12.5 Å². The van der Waals surface area contributed by atoms with Gasteiger partial charge in [-0.2, -0.15) is 0 Å². The lowest BCUT2D eigenvalue weighted by Gasteiger charge is -2.30. The van der Waals surface area contributed by atoms with Crippen LogP contribution in [0.1, 0.15) is 51.9 Å². The quantitative estimate of drug-likeness (QED) is 0.714. The number of carboxylic acids is 1. The van der Waals surface area contributed by atoms with Crippen LogP contribution in [0.15, 0.2) is 0 Å². The highest BCUT2D eigenvalue weighted by Gasteiger charge is 2.44. The van der Waals surface area contributed by atoms with Crippen molar-refractivity contribution in [1.82, 2.24) is 5.32 Å². The summed E-state index contributed by atoms with van der Waals surface area (Å²) in [5.74, 6) is -1.74. The fourth-order valence-corrected chi connectivity index (χ4v) is 3.77. The van der Waals surface area contributed by atoms with Crippen molar-refractivity contribution in [2.24, 2.45) is 17.8 Å². The molecule has 2 aliphatic carbocycles. The summed E-state index contributed by atoms with van der Waals surface area (Å²) in [6.07, 6.45) is 5.75. The van der Waals surface area contributed by atoms with Gasteiger partial charge in [0.05, 0.1) is 24.0 Å². The average Bonchev–Trinajstić information content (AvgIpc) is 3.05. The number of aliphatic hydroxyl groups is 1. The van der Waals surface area contributed by atoms with Crippen molar-refractivity contribution in [2.45, 2.75) is 57.4 Å². The molecule has 0 saturated heterocycles. The molecule has 2 saturated carbocycles. The summed E-state index contributed by atoms with van der Waals surface area (Å²) in [6, 6.07) is 0. The van der Waals surface area contributed by atoms with Crippen LogP contribution in [0.4, 0.5) is 0 Å². The van der Waals surface area contributed by atoms with E-state index in [1.807, 2.05) is 6.92 Å². The Kier molecular flexibility index (Phi) is 4.68. The van der Waals surface area contributed by atoms with E-state index in [1.54, 1.807) is 0 Å². The summed E-state index contributed by atoms with van der Waals surface area (Å²) in [5, 5.41) is 21.8. The van der Waals surface area contributed by atoms with Crippen molar-refractivity contribution < 1.29 is 19.8 Å². The van der Waals surface area contributed by atoms with Gasteiger partial charge < -0.3 is 15.5 Å². The van der Waals surface area contributed by atoms with Crippen molar-refractivity contribution >= 4 is 11.9 Å². The van der Waals surface area contributed by atoms with Gasteiger partial charge in [-0.3, -0.25) is 9.59 Å². The molecule has 3 N–H and O–H groups in total. The zero-order chi connectivity index (χ0) is 14.8. The highest BCUT2D eigenvalue weighted by molar-refractivity contribution is 5.85. The summed E-state index contributed by atoms with van der Waals surface area (Å²) in [7, 11) is 0. The van der Waals surface area contributed by atoms with Gasteiger partial charge >= 0.3 is 5.97 Å². The third-order valence-electron chi connectivity index (χ3n) is 5.14. The Labute approximate surface area is 119 Å². The van der Waals surface area contributed by atoms with Crippen LogP contribution in [0.5, 0.6) is 0 Å². The Morgan fingerprint density at radius 3 is 2.30 bits per heavy atom. The van der Waals surface area contributed by atoms with Gasteiger partial charge in [-0.05, 0) is 31.6 Å². The van der Waals surface area contributed by atoms with Crippen LogP contribution in [0.3, 0.4) is 0 Å². The van der Waals surface area contributed by atoms with Crippen molar-refractivity contribution in [3.63, 3.8) is 0 Å². The third-order valence-corrected chi connectivity index (χ3v) is 5.14. The van der Waals surface area contributed by atoms with E-state index in [4.69, 9.17) is 0 Å². The molecule has 0 radical (unpaired) electrons. The summed E-state index contributed by atoms with van der Waals surface area (Å²) in [5.41, 5.74) is -0.509. The normalized spacial score (nSPS) is 32.2. The lowest BCUT2D eigenvalue weighted by Crippen LogP contribution is -2.52. The van der Waals surface area contributed by atoms with Gasteiger partial charge in [-0.15, -0.1) is 0 Å². The summed E-state index contributed by atoms with van der Waals surface area (Å²) >= 11 is 0. The van der Waals surface area contributed by atoms with Crippen molar-refractivity contribution in [1.29, 1.82) is 0 Å². The second-order valence-corrected chi connectivity index (χ2v) is 6.43. The van der Waals surface area contributed by atoms with Crippen LogP contribution in [0.25, 0.3) is 0 Å². The largest absolute Gasteiger partial charge is 0.481 e. The van der Waals surface area contributed by atoms with Crippen LogP contribution in [0.2, 0.25) is 0 Å². The van der Waals surface area contributed by atoms with Crippen LogP contribution in [-0.2, 0) is 9.59 Å². The maximum absolute atomic E-state index is 12.5. The predicted molar refractivity (Wildman–Crippen MR) is 74.1 cm³/mol. The van der Waals surface area contributed by atoms with Crippen LogP contribution in [0, 0.1) is 17.8 Å². The topological polar surface area (TPSA) is 86.6 Å². The van der Waals surface area contributed by atoms with Gasteiger partial charge in [0.25, 0.3) is 0 Å². The summed E-state index contributed by atoms with van der Waals surface area (Å²) < 4.78 is 0. The Hall–Kier alpha value is -1.10. The average molecular weight is 283 g/mol. The molecule has 0 aromatic heterocycles. The Balaban J connectivity index is 2.05. The molecule has 0 bridgehead atoms. The smallest absolute Gasteiger partial charge is 0.307 e. The molecule has 5 heteroatoms. The van der Waals surface area contributed by atoms with E-state index in [0.717, 1.165) is 32.1 Å². The number of nitrogens with one attached hydrogen (secondary N) is 1. The molecule has 2 rings (SSSR count). The second-order valence-electron chi connectivity index (χ2n) is 6.43. The number of hydrogen-bond donors (Lipinski definition) is 3.